The van der Waals surface area contributed by atoms with Gasteiger partial charge < -0.3 is 5.11 Å². The number of rotatable bonds is 3. The van der Waals surface area contributed by atoms with Crippen molar-refractivity contribution >= 4 is 11.6 Å². The zero-order chi connectivity index (χ0) is 10.0. The van der Waals surface area contributed by atoms with Crippen molar-refractivity contribution in [2.75, 3.05) is 0 Å². The van der Waals surface area contributed by atoms with E-state index in [9.17, 15) is 0 Å². The first-order valence-electron chi connectivity index (χ1n) is 4.03. The highest BCUT2D eigenvalue weighted by molar-refractivity contribution is 6.29. The number of aliphatic hydroxyl groups excluding tert-OH is 1. The van der Waals surface area contributed by atoms with E-state index < -0.39 is 0 Å². The molecule has 72 valence electrons. The van der Waals surface area contributed by atoms with Gasteiger partial charge in [-0.1, -0.05) is 18.2 Å². The molecule has 1 heterocycles. The molecule has 0 atom stereocenters. The minimum absolute atomic E-state index is 0.0203. The summed E-state index contributed by atoms with van der Waals surface area (Å²) in [5.41, 5.74) is 2.66. The van der Waals surface area contributed by atoms with E-state index in [1.807, 2.05) is 13.8 Å². The summed E-state index contributed by atoms with van der Waals surface area (Å²) in [6.07, 6.45) is 0. The first-order valence-corrected chi connectivity index (χ1v) is 4.41. The smallest absolute Gasteiger partial charge is 0.0763 e. The maximum Gasteiger partial charge on any atom is 0.0763 e. The van der Waals surface area contributed by atoms with Crippen LogP contribution in [0.2, 0.25) is 0 Å². The molecule has 0 saturated carbocycles. The van der Waals surface area contributed by atoms with Crippen molar-refractivity contribution in [3.05, 3.63) is 28.6 Å². The van der Waals surface area contributed by atoms with E-state index in [-0.39, 0.29) is 6.61 Å². The zero-order valence-electron chi connectivity index (χ0n) is 7.84. The molecule has 1 rings (SSSR count). The van der Waals surface area contributed by atoms with Gasteiger partial charge >= 0.3 is 0 Å². The van der Waals surface area contributed by atoms with Gasteiger partial charge in [0.05, 0.1) is 18.8 Å². The number of aryl methyl sites for hydroxylation is 1. The van der Waals surface area contributed by atoms with Gasteiger partial charge in [-0.25, -0.2) is 0 Å². The molecule has 0 aliphatic rings. The first-order chi connectivity index (χ1) is 6.06. The van der Waals surface area contributed by atoms with Gasteiger partial charge in [0, 0.05) is 16.3 Å². The van der Waals surface area contributed by atoms with E-state index in [0.717, 1.165) is 17.0 Å². The Morgan fingerprint density at radius 1 is 1.62 bits per heavy atom. The molecule has 1 aromatic rings. The minimum Gasteiger partial charge on any atom is -0.392 e. The van der Waals surface area contributed by atoms with Crippen molar-refractivity contribution in [3.8, 4) is 0 Å². The van der Waals surface area contributed by atoms with Crippen molar-refractivity contribution in [1.29, 1.82) is 0 Å². The molecular weight excluding hydrogens is 188 g/mol. The molecule has 3 nitrogen and oxygen atoms in total. The largest absolute Gasteiger partial charge is 0.392 e. The standard InChI is InChI=1S/C9H13ClN2O/c1-6(10)4-12-8(3)9(5-13)7(2)11-12/h13H,1,4-5H2,2-3H3. The maximum absolute atomic E-state index is 9.04. The van der Waals surface area contributed by atoms with Crippen LogP contribution < -0.4 is 0 Å². The summed E-state index contributed by atoms with van der Waals surface area (Å²) in [5.74, 6) is 0. The van der Waals surface area contributed by atoms with E-state index in [1.165, 1.54) is 0 Å². The van der Waals surface area contributed by atoms with Crippen LogP contribution in [0.4, 0.5) is 0 Å². The molecule has 0 aliphatic heterocycles. The van der Waals surface area contributed by atoms with Crippen molar-refractivity contribution in [1.82, 2.24) is 9.78 Å². The molecule has 0 amide bonds. The van der Waals surface area contributed by atoms with Crippen molar-refractivity contribution in [3.63, 3.8) is 0 Å². The maximum atomic E-state index is 9.04. The fourth-order valence-corrected chi connectivity index (χ4v) is 1.39. The Labute approximate surface area is 82.6 Å². The summed E-state index contributed by atoms with van der Waals surface area (Å²) >= 11 is 5.67. The Bertz CT molecular complexity index is 331. The molecule has 0 radical (unpaired) electrons. The van der Waals surface area contributed by atoms with Crippen LogP contribution in [-0.4, -0.2) is 14.9 Å². The van der Waals surface area contributed by atoms with Crippen LogP contribution in [0.15, 0.2) is 11.6 Å². The number of hydrogen-bond donors (Lipinski definition) is 1. The van der Waals surface area contributed by atoms with Gasteiger partial charge in [-0.3, -0.25) is 4.68 Å². The van der Waals surface area contributed by atoms with Crippen LogP contribution in [-0.2, 0) is 13.2 Å². The fourth-order valence-electron chi connectivity index (χ4n) is 1.28. The van der Waals surface area contributed by atoms with Gasteiger partial charge in [0.15, 0.2) is 0 Å². The summed E-state index contributed by atoms with van der Waals surface area (Å²) in [6, 6.07) is 0. The lowest BCUT2D eigenvalue weighted by Gasteiger charge is -2.02. The molecule has 1 aromatic heterocycles. The summed E-state index contributed by atoms with van der Waals surface area (Å²) < 4.78 is 1.75. The lowest BCUT2D eigenvalue weighted by Crippen LogP contribution is -2.02. The monoisotopic (exact) mass is 200 g/mol. The van der Waals surface area contributed by atoms with Gasteiger partial charge in [-0.15, -0.1) is 0 Å². The van der Waals surface area contributed by atoms with Crippen molar-refractivity contribution in [2.45, 2.75) is 27.0 Å². The van der Waals surface area contributed by atoms with E-state index in [2.05, 4.69) is 11.7 Å². The molecule has 0 fully saturated rings. The Kier molecular flexibility index (Phi) is 3.12. The molecule has 0 aliphatic carbocycles. The molecular formula is C9H13ClN2O. The summed E-state index contributed by atoms with van der Waals surface area (Å²) in [4.78, 5) is 0. The van der Waals surface area contributed by atoms with Gasteiger partial charge in [-0.2, -0.15) is 5.10 Å². The van der Waals surface area contributed by atoms with Crippen LogP contribution in [0.5, 0.6) is 0 Å². The predicted molar refractivity (Wildman–Crippen MR) is 52.6 cm³/mol. The molecule has 1 N–H and O–H groups in total. The molecule has 0 aromatic carbocycles. The lowest BCUT2D eigenvalue weighted by molar-refractivity contribution is 0.280. The van der Waals surface area contributed by atoms with Gasteiger partial charge in [0.1, 0.15) is 0 Å². The number of nitrogens with zero attached hydrogens (tertiary/aromatic N) is 2. The van der Waals surface area contributed by atoms with Gasteiger partial charge in [0.2, 0.25) is 0 Å². The highest BCUT2D eigenvalue weighted by Gasteiger charge is 2.09. The minimum atomic E-state index is 0.0203. The summed E-state index contributed by atoms with van der Waals surface area (Å²) in [7, 11) is 0. The van der Waals surface area contributed by atoms with Crippen molar-refractivity contribution < 1.29 is 5.11 Å². The SMILES string of the molecule is C=C(Cl)Cn1nc(C)c(CO)c1C. The third-order valence-electron chi connectivity index (χ3n) is 2.01. The quantitative estimate of drug-likeness (QED) is 0.808. The second-order valence-electron chi connectivity index (χ2n) is 2.98. The topological polar surface area (TPSA) is 38.0 Å². The van der Waals surface area contributed by atoms with Gasteiger partial charge in [0.25, 0.3) is 0 Å². The lowest BCUT2D eigenvalue weighted by atomic mass is 10.2. The molecule has 0 bridgehead atoms. The van der Waals surface area contributed by atoms with Crippen LogP contribution in [0.25, 0.3) is 0 Å². The highest BCUT2D eigenvalue weighted by Crippen LogP contribution is 2.14. The molecule has 13 heavy (non-hydrogen) atoms. The fraction of sp³-hybridized carbons (Fsp3) is 0.444. The normalized spacial score (nSPS) is 10.5. The first kappa shape index (κ1) is 10.3. The second kappa shape index (κ2) is 3.94. The third kappa shape index (κ3) is 2.11. The Hall–Kier alpha value is -0.800. The average Bonchev–Trinajstić information content (AvgIpc) is 2.26. The number of halogens is 1. The Morgan fingerprint density at radius 2 is 2.23 bits per heavy atom. The predicted octanol–water partition coefficient (Wildman–Crippen LogP) is 1.74. The number of aromatic nitrogens is 2. The van der Waals surface area contributed by atoms with Crippen LogP contribution in [0, 0.1) is 13.8 Å². The Morgan fingerprint density at radius 3 is 2.62 bits per heavy atom. The second-order valence-corrected chi connectivity index (χ2v) is 3.52. The molecule has 0 spiro atoms. The van der Waals surface area contributed by atoms with E-state index in [0.29, 0.717) is 11.6 Å². The summed E-state index contributed by atoms with van der Waals surface area (Å²) in [5, 5.41) is 13.8. The van der Waals surface area contributed by atoms with Crippen LogP contribution >= 0.6 is 11.6 Å². The number of allylic oxidation sites excluding steroid dienone is 1. The molecule has 0 unspecified atom stereocenters. The van der Waals surface area contributed by atoms with Gasteiger partial charge in [-0.05, 0) is 13.8 Å². The van der Waals surface area contributed by atoms with Crippen molar-refractivity contribution in [2.24, 2.45) is 0 Å². The average molecular weight is 201 g/mol. The van der Waals surface area contributed by atoms with E-state index in [4.69, 9.17) is 16.7 Å². The van der Waals surface area contributed by atoms with E-state index >= 15 is 0 Å². The van der Waals surface area contributed by atoms with Crippen LogP contribution in [0.1, 0.15) is 17.0 Å². The summed E-state index contributed by atoms with van der Waals surface area (Å²) in [6.45, 7) is 7.89. The third-order valence-corrected chi connectivity index (χ3v) is 2.13. The highest BCUT2D eigenvalue weighted by atomic mass is 35.5. The van der Waals surface area contributed by atoms with Crippen LogP contribution in [0.3, 0.4) is 0 Å². The number of aliphatic hydroxyl groups is 1. The van der Waals surface area contributed by atoms with E-state index in [1.54, 1.807) is 4.68 Å². The molecule has 4 heteroatoms. The zero-order valence-corrected chi connectivity index (χ0v) is 8.60. The number of hydrogen-bond acceptors (Lipinski definition) is 2. The molecule has 0 saturated heterocycles. The Balaban J connectivity index is 3.03.